The molecule has 5 heteroatoms. The van der Waals surface area contributed by atoms with E-state index in [1.807, 2.05) is 0 Å². The van der Waals surface area contributed by atoms with Crippen molar-refractivity contribution in [1.82, 2.24) is 4.98 Å². The summed E-state index contributed by atoms with van der Waals surface area (Å²) in [4.78, 5) is 12.3. The van der Waals surface area contributed by atoms with E-state index >= 15 is 0 Å². The monoisotopic (exact) mass is 273 g/mol. The van der Waals surface area contributed by atoms with E-state index in [0.29, 0.717) is 17.2 Å². The molecule has 0 saturated carbocycles. The number of hydrogen-bond donors (Lipinski definition) is 0. The molecule has 1 aromatic heterocycles. The molecule has 20 heavy (non-hydrogen) atoms. The predicted octanol–water partition coefficient (Wildman–Crippen LogP) is 3.25. The zero-order chi connectivity index (χ0) is 14.5. The van der Waals surface area contributed by atoms with Crippen molar-refractivity contribution in [3.05, 3.63) is 65.5 Å². The van der Waals surface area contributed by atoms with E-state index in [1.54, 1.807) is 26.1 Å². The fourth-order valence-electron chi connectivity index (χ4n) is 1.64. The number of rotatable bonds is 2. The third kappa shape index (κ3) is 3.32. The summed E-state index contributed by atoms with van der Waals surface area (Å²) >= 11 is 0. The van der Waals surface area contributed by atoms with Gasteiger partial charge in [0.05, 0.1) is 6.20 Å². The van der Waals surface area contributed by atoms with Gasteiger partial charge in [-0.1, -0.05) is 12.1 Å². The number of benzene rings is 1. The zero-order valence-corrected chi connectivity index (χ0v) is 11.1. The molecule has 1 aromatic carbocycles. The molecule has 0 spiro atoms. The van der Waals surface area contributed by atoms with Crippen molar-refractivity contribution >= 4 is 11.5 Å². The minimum atomic E-state index is -0.413. The normalized spacial score (nSPS) is 12.6. The van der Waals surface area contributed by atoms with Crippen LogP contribution in [0.3, 0.4) is 0 Å². The van der Waals surface area contributed by atoms with E-state index in [-0.39, 0.29) is 5.82 Å². The average molecular weight is 273 g/mol. The molecule has 0 aliphatic carbocycles. The molecule has 0 bridgehead atoms. The molecule has 102 valence electrons. The molecule has 2 aromatic rings. The maximum absolute atomic E-state index is 12.9. The van der Waals surface area contributed by atoms with Crippen molar-refractivity contribution < 1.29 is 8.78 Å². The lowest BCUT2D eigenvalue weighted by Gasteiger charge is -2.03. The Morgan fingerprint density at radius 1 is 1.00 bits per heavy atom. The lowest BCUT2D eigenvalue weighted by Crippen LogP contribution is -2.05. The van der Waals surface area contributed by atoms with Crippen LogP contribution in [0.4, 0.5) is 8.78 Å². The number of nitrogens with zero attached hydrogens (tertiary/aromatic N) is 3. The number of halogens is 2. The van der Waals surface area contributed by atoms with Gasteiger partial charge in [-0.05, 0) is 36.8 Å². The smallest absolute Gasteiger partial charge is 0.173 e. The Morgan fingerprint density at radius 3 is 2.20 bits per heavy atom. The molecular formula is C15H13F2N3. The summed E-state index contributed by atoms with van der Waals surface area (Å²) in [5.74, 6) is -0.318. The summed E-state index contributed by atoms with van der Waals surface area (Å²) in [5, 5.41) is 0. The van der Waals surface area contributed by atoms with Gasteiger partial charge in [0.2, 0.25) is 0 Å². The average Bonchev–Trinajstić information content (AvgIpc) is 2.46. The maximum atomic E-state index is 12.9. The Kier molecular flexibility index (Phi) is 4.30. The van der Waals surface area contributed by atoms with Crippen LogP contribution < -0.4 is 0 Å². The second kappa shape index (κ2) is 6.14. The van der Waals surface area contributed by atoms with Crippen molar-refractivity contribution in [3.63, 3.8) is 0 Å². The third-order valence-corrected chi connectivity index (χ3v) is 2.70. The van der Waals surface area contributed by atoms with Crippen LogP contribution in [0, 0.1) is 11.6 Å². The van der Waals surface area contributed by atoms with E-state index in [2.05, 4.69) is 15.0 Å². The van der Waals surface area contributed by atoms with Crippen LogP contribution in [0.25, 0.3) is 0 Å². The first-order valence-corrected chi connectivity index (χ1v) is 6.00. The quantitative estimate of drug-likeness (QED) is 0.611. The first kappa shape index (κ1) is 14.0. The molecule has 0 unspecified atom stereocenters. The van der Waals surface area contributed by atoms with Crippen LogP contribution >= 0.6 is 0 Å². The van der Waals surface area contributed by atoms with Gasteiger partial charge in [-0.2, -0.15) is 0 Å². The second-order valence-electron chi connectivity index (χ2n) is 4.11. The van der Waals surface area contributed by atoms with E-state index < -0.39 is 5.82 Å². The van der Waals surface area contributed by atoms with Gasteiger partial charge in [-0.15, -0.1) is 0 Å². The molecule has 0 saturated heterocycles. The van der Waals surface area contributed by atoms with Crippen LogP contribution in [0.1, 0.15) is 18.2 Å². The highest BCUT2D eigenvalue weighted by atomic mass is 19.1. The van der Waals surface area contributed by atoms with Crippen LogP contribution in [0.15, 0.2) is 52.6 Å². The molecule has 1 heterocycles. The minimum Gasteiger partial charge on any atom is -0.268 e. The molecule has 0 atom stereocenters. The Bertz CT molecular complexity index is 644. The van der Waals surface area contributed by atoms with Crippen molar-refractivity contribution in [2.75, 3.05) is 7.05 Å². The molecule has 3 nitrogen and oxygen atoms in total. The summed E-state index contributed by atoms with van der Waals surface area (Å²) < 4.78 is 25.7. The number of amidine groups is 1. The van der Waals surface area contributed by atoms with E-state index in [4.69, 9.17) is 0 Å². The van der Waals surface area contributed by atoms with Crippen molar-refractivity contribution in [2.24, 2.45) is 9.98 Å². The van der Waals surface area contributed by atoms with Gasteiger partial charge >= 0.3 is 0 Å². The number of hydrogen-bond acceptors (Lipinski definition) is 2. The van der Waals surface area contributed by atoms with E-state index in [9.17, 15) is 8.78 Å². The van der Waals surface area contributed by atoms with Crippen molar-refractivity contribution in [1.29, 1.82) is 0 Å². The topological polar surface area (TPSA) is 37.6 Å². The van der Waals surface area contributed by atoms with Gasteiger partial charge in [0.1, 0.15) is 17.3 Å². The Labute approximate surface area is 115 Å². The lowest BCUT2D eigenvalue weighted by molar-refractivity contribution is 0.621. The summed E-state index contributed by atoms with van der Waals surface area (Å²) in [6.07, 6.45) is 1.11. The predicted molar refractivity (Wildman–Crippen MR) is 75.3 cm³/mol. The zero-order valence-electron chi connectivity index (χ0n) is 11.1. The molecule has 2 rings (SSSR count). The van der Waals surface area contributed by atoms with Gasteiger partial charge in [-0.3, -0.25) is 4.99 Å². The first-order chi connectivity index (χ1) is 9.60. The van der Waals surface area contributed by atoms with Gasteiger partial charge < -0.3 is 0 Å². The van der Waals surface area contributed by atoms with Gasteiger partial charge in [0.25, 0.3) is 0 Å². The standard InChI is InChI=1S/C15H13F2N3/c1-10(11-3-5-12(16)6-4-11)20-15(18-2)14-8-7-13(17)9-19-14/h3-9H,1-2H3. The molecule has 0 amide bonds. The fourth-order valence-corrected chi connectivity index (χ4v) is 1.64. The Balaban J connectivity index is 2.31. The Hall–Kier alpha value is -2.43. The van der Waals surface area contributed by atoms with Crippen LogP contribution in [-0.4, -0.2) is 23.6 Å². The molecule has 0 fully saturated rings. The summed E-state index contributed by atoms with van der Waals surface area (Å²) in [6.45, 7) is 1.79. The van der Waals surface area contributed by atoms with Gasteiger partial charge in [-0.25, -0.2) is 18.8 Å². The summed E-state index contributed by atoms with van der Waals surface area (Å²) in [5.41, 5.74) is 1.95. The van der Waals surface area contributed by atoms with Crippen LogP contribution in [0.5, 0.6) is 0 Å². The van der Waals surface area contributed by atoms with E-state index in [1.165, 1.54) is 24.3 Å². The number of aromatic nitrogens is 1. The molecule has 0 radical (unpaired) electrons. The SMILES string of the molecule is CN=C(N=C(C)c1ccc(F)cc1)c1ccc(F)cn1. The highest BCUT2D eigenvalue weighted by Gasteiger charge is 2.05. The largest absolute Gasteiger partial charge is 0.268 e. The van der Waals surface area contributed by atoms with Gasteiger partial charge in [0.15, 0.2) is 5.84 Å². The maximum Gasteiger partial charge on any atom is 0.173 e. The summed E-state index contributed by atoms with van der Waals surface area (Å²) in [7, 11) is 1.59. The minimum absolute atomic E-state index is 0.300. The summed E-state index contributed by atoms with van der Waals surface area (Å²) in [6, 6.07) is 8.83. The molecule has 0 aliphatic heterocycles. The van der Waals surface area contributed by atoms with Crippen molar-refractivity contribution in [3.8, 4) is 0 Å². The highest BCUT2D eigenvalue weighted by molar-refractivity contribution is 6.10. The number of pyridine rings is 1. The lowest BCUT2D eigenvalue weighted by atomic mass is 10.1. The molecular weight excluding hydrogens is 260 g/mol. The van der Waals surface area contributed by atoms with Gasteiger partial charge in [0, 0.05) is 12.8 Å². The van der Waals surface area contributed by atoms with Crippen LogP contribution in [-0.2, 0) is 0 Å². The second-order valence-corrected chi connectivity index (χ2v) is 4.11. The van der Waals surface area contributed by atoms with Crippen LogP contribution in [0.2, 0.25) is 0 Å². The highest BCUT2D eigenvalue weighted by Crippen LogP contribution is 2.07. The van der Waals surface area contributed by atoms with Crippen molar-refractivity contribution in [2.45, 2.75) is 6.92 Å². The molecule has 0 aliphatic rings. The molecule has 0 N–H and O–H groups in total. The number of aliphatic imine (C=N–C) groups is 2. The van der Waals surface area contributed by atoms with E-state index in [0.717, 1.165) is 11.8 Å². The first-order valence-electron chi connectivity index (χ1n) is 6.00. The Morgan fingerprint density at radius 2 is 1.65 bits per heavy atom. The third-order valence-electron chi connectivity index (χ3n) is 2.70. The fraction of sp³-hybridized carbons (Fsp3) is 0.133.